The van der Waals surface area contributed by atoms with Gasteiger partial charge < -0.3 is 19.8 Å². The van der Waals surface area contributed by atoms with E-state index in [2.05, 4.69) is 4.72 Å². The van der Waals surface area contributed by atoms with Crippen molar-refractivity contribution in [3.8, 4) is 5.75 Å². The first kappa shape index (κ1) is 18.7. The van der Waals surface area contributed by atoms with Crippen molar-refractivity contribution in [3.05, 3.63) is 29.8 Å². The molecule has 8 nitrogen and oxygen atoms in total. The van der Waals surface area contributed by atoms with Crippen LogP contribution in [0.15, 0.2) is 24.3 Å². The summed E-state index contributed by atoms with van der Waals surface area (Å²) in [5.41, 5.74) is -1.19. The van der Waals surface area contributed by atoms with Crippen LogP contribution in [0.5, 0.6) is 5.75 Å². The maximum atomic E-state index is 12.5. The zero-order chi connectivity index (χ0) is 18.0. The third-order valence-electron chi connectivity index (χ3n) is 4.07. The highest BCUT2D eigenvalue weighted by Gasteiger charge is 2.42. The van der Waals surface area contributed by atoms with Gasteiger partial charge in [-0.3, -0.25) is 4.79 Å². The number of ether oxygens (including phenoxy) is 1. The number of sulfonamides is 1. The summed E-state index contributed by atoms with van der Waals surface area (Å²) in [5.74, 6) is 0.262. The summed E-state index contributed by atoms with van der Waals surface area (Å²) in [4.78, 5) is 13.9. The van der Waals surface area contributed by atoms with Crippen LogP contribution in [-0.4, -0.2) is 74.1 Å². The van der Waals surface area contributed by atoms with Gasteiger partial charge >= 0.3 is 0 Å². The highest BCUT2D eigenvalue weighted by atomic mass is 32.2. The van der Waals surface area contributed by atoms with Crippen LogP contribution < -0.4 is 9.46 Å². The molecule has 2 rings (SSSR count). The Morgan fingerprint density at radius 3 is 2.79 bits per heavy atom. The molecule has 2 atom stereocenters. The predicted octanol–water partition coefficient (Wildman–Crippen LogP) is -0.818. The molecule has 0 aromatic heterocycles. The van der Waals surface area contributed by atoms with Crippen LogP contribution >= 0.6 is 0 Å². The van der Waals surface area contributed by atoms with Crippen LogP contribution in [0.2, 0.25) is 0 Å². The summed E-state index contributed by atoms with van der Waals surface area (Å²) in [5, 5.41) is 20.6. The maximum Gasteiger partial charge on any atom is 0.254 e. The van der Waals surface area contributed by atoms with E-state index in [4.69, 9.17) is 4.74 Å². The van der Waals surface area contributed by atoms with Crippen LogP contribution in [0.3, 0.4) is 0 Å². The van der Waals surface area contributed by atoms with Gasteiger partial charge in [0.25, 0.3) is 5.91 Å². The molecule has 0 saturated carbocycles. The number of carbonyl (C=O) groups excluding carboxylic acids is 1. The minimum absolute atomic E-state index is 0.0619. The first-order valence-electron chi connectivity index (χ1n) is 7.43. The van der Waals surface area contributed by atoms with E-state index in [9.17, 15) is 23.4 Å². The van der Waals surface area contributed by atoms with Gasteiger partial charge in [0.05, 0.1) is 13.4 Å². The maximum absolute atomic E-state index is 12.5. The van der Waals surface area contributed by atoms with Crippen molar-refractivity contribution in [2.45, 2.75) is 18.1 Å². The largest absolute Gasteiger partial charge is 0.497 e. The van der Waals surface area contributed by atoms with Crippen molar-refractivity contribution in [3.63, 3.8) is 0 Å². The monoisotopic (exact) mass is 358 g/mol. The lowest BCUT2D eigenvalue weighted by Crippen LogP contribution is -2.61. The quantitative estimate of drug-likeness (QED) is 0.633. The fourth-order valence-electron chi connectivity index (χ4n) is 2.55. The molecule has 1 heterocycles. The van der Waals surface area contributed by atoms with Crippen molar-refractivity contribution in [2.24, 2.45) is 0 Å². The minimum atomic E-state index is -3.48. The summed E-state index contributed by atoms with van der Waals surface area (Å²) < 4.78 is 29.6. The van der Waals surface area contributed by atoms with Crippen molar-refractivity contribution in [1.82, 2.24) is 9.62 Å². The van der Waals surface area contributed by atoms with Crippen LogP contribution in [0.25, 0.3) is 0 Å². The number of likely N-dealkylation sites (tertiary alicyclic amines) is 1. The molecule has 1 amide bonds. The summed E-state index contributed by atoms with van der Waals surface area (Å²) in [6, 6.07) is 6.65. The summed E-state index contributed by atoms with van der Waals surface area (Å²) in [7, 11) is -1.98. The lowest BCUT2D eigenvalue weighted by molar-refractivity contribution is -0.107. The molecule has 1 fully saturated rings. The molecule has 0 radical (unpaired) electrons. The number of nitrogens with zero attached hydrogens (tertiary/aromatic N) is 1. The van der Waals surface area contributed by atoms with Gasteiger partial charge in [0.1, 0.15) is 17.5 Å². The molecule has 0 aliphatic carbocycles. The average Bonchev–Trinajstić information content (AvgIpc) is 2.54. The molecule has 134 valence electrons. The summed E-state index contributed by atoms with van der Waals surface area (Å²) in [6.07, 6.45) is -0.216. The van der Waals surface area contributed by atoms with Crippen molar-refractivity contribution in [1.29, 1.82) is 0 Å². The van der Waals surface area contributed by atoms with Crippen LogP contribution in [0.4, 0.5) is 0 Å². The van der Waals surface area contributed by atoms with Gasteiger partial charge in [-0.25, -0.2) is 13.1 Å². The van der Waals surface area contributed by atoms with Crippen molar-refractivity contribution >= 4 is 15.9 Å². The molecule has 1 aromatic carbocycles. The first-order valence-corrected chi connectivity index (χ1v) is 9.32. The molecule has 0 unspecified atom stereocenters. The van der Waals surface area contributed by atoms with Gasteiger partial charge in [-0.1, -0.05) is 6.07 Å². The number of piperidine rings is 1. The van der Waals surface area contributed by atoms with Crippen molar-refractivity contribution in [2.75, 3.05) is 33.0 Å². The first-order chi connectivity index (χ1) is 11.1. The number of nitrogens with one attached hydrogen (secondary N) is 1. The number of carbonyl (C=O) groups is 1. The highest BCUT2D eigenvalue weighted by molar-refractivity contribution is 7.88. The Morgan fingerprint density at radius 2 is 2.21 bits per heavy atom. The van der Waals surface area contributed by atoms with Crippen LogP contribution in [0, 0.1) is 0 Å². The second kappa shape index (κ2) is 7.06. The van der Waals surface area contributed by atoms with E-state index >= 15 is 0 Å². The van der Waals surface area contributed by atoms with E-state index in [1.807, 2.05) is 0 Å². The van der Waals surface area contributed by atoms with Gasteiger partial charge in [-0.05, 0) is 24.6 Å². The standard InChI is InChI=1S/C15H22N2O6S/c1-23-12-5-3-4-11(8-12)14(19)17-7-6-15(20,13(18)9-17)10-16-24(2,21)22/h3-5,8,13,16,18,20H,6-7,9-10H2,1-2H3/t13-,15-/m1/s1. The number of hydrogen-bond acceptors (Lipinski definition) is 6. The molecule has 1 aromatic rings. The van der Waals surface area contributed by atoms with E-state index in [0.29, 0.717) is 11.3 Å². The Bertz CT molecular complexity index is 708. The van der Waals surface area contributed by atoms with E-state index in [1.165, 1.54) is 12.0 Å². The molecule has 1 saturated heterocycles. The Labute approximate surface area is 141 Å². The smallest absolute Gasteiger partial charge is 0.254 e. The molecular weight excluding hydrogens is 336 g/mol. The van der Waals surface area contributed by atoms with Crippen LogP contribution in [-0.2, 0) is 10.0 Å². The number of amides is 1. The topological polar surface area (TPSA) is 116 Å². The molecule has 0 spiro atoms. The second-order valence-electron chi connectivity index (χ2n) is 5.95. The molecule has 9 heteroatoms. The fraction of sp³-hybridized carbons (Fsp3) is 0.533. The zero-order valence-corrected chi connectivity index (χ0v) is 14.4. The lowest BCUT2D eigenvalue weighted by atomic mass is 9.88. The van der Waals surface area contributed by atoms with E-state index < -0.39 is 21.7 Å². The van der Waals surface area contributed by atoms with Gasteiger partial charge in [0.15, 0.2) is 0 Å². The Morgan fingerprint density at radius 1 is 1.50 bits per heavy atom. The number of β-amino-alcohol motifs (C(OH)–C–C–N with tert-alkyl or cyclic N) is 1. The van der Waals surface area contributed by atoms with Gasteiger partial charge in [0.2, 0.25) is 10.0 Å². The van der Waals surface area contributed by atoms with Gasteiger partial charge in [-0.15, -0.1) is 0 Å². The van der Waals surface area contributed by atoms with E-state index in [-0.39, 0.29) is 32.0 Å². The van der Waals surface area contributed by atoms with Gasteiger partial charge in [0, 0.05) is 25.2 Å². The number of methoxy groups -OCH3 is 1. The molecule has 0 bridgehead atoms. The normalized spacial score (nSPS) is 24.7. The molecule has 24 heavy (non-hydrogen) atoms. The predicted molar refractivity (Wildman–Crippen MR) is 87.3 cm³/mol. The zero-order valence-electron chi connectivity index (χ0n) is 13.6. The third-order valence-corrected chi connectivity index (χ3v) is 4.74. The lowest BCUT2D eigenvalue weighted by Gasteiger charge is -2.42. The second-order valence-corrected chi connectivity index (χ2v) is 7.78. The molecule has 1 aliphatic rings. The summed E-state index contributed by atoms with van der Waals surface area (Å²) >= 11 is 0. The molecular formula is C15H22N2O6S. The Balaban J connectivity index is 2.05. The Hall–Kier alpha value is -1.68. The van der Waals surface area contributed by atoms with Gasteiger partial charge in [-0.2, -0.15) is 0 Å². The fourth-order valence-corrected chi connectivity index (χ4v) is 3.06. The van der Waals surface area contributed by atoms with Crippen molar-refractivity contribution < 1.29 is 28.2 Å². The minimum Gasteiger partial charge on any atom is -0.497 e. The average molecular weight is 358 g/mol. The SMILES string of the molecule is COc1cccc(C(=O)N2CC[C@@](O)(CNS(C)(=O)=O)[C@H](O)C2)c1. The third kappa shape index (κ3) is 4.44. The number of rotatable bonds is 5. The highest BCUT2D eigenvalue weighted by Crippen LogP contribution is 2.24. The molecule has 1 aliphatic heterocycles. The van der Waals surface area contributed by atoms with E-state index in [0.717, 1.165) is 6.26 Å². The number of aliphatic hydroxyl groups excluding tert-OH is 1. The van der Waals surface area contributed by atoms with E-state index in [1.54, 1.807) is 24.3 Å². The number of benzene rings is 1. The Kier molecular flexibility index (Phi) is 5.49. The number of hydrogen-bond donors (Lipinski definition) is 3. The molecule has 3 N–H and O–H groups in total. The summed E-state index contributed by atoms with van der Waals surface area (Å²) in [6.45, 7) is -0.179. The number of aliphatic hydroxyl groups is 2. The van der Waals surface area contributed by atoms with Crippen LogP contribution in [0.1, 0.15) is 16.8 Å².